The average molecular weight is 235 g/mol. The minimum atomic E-state index is 0.640. The van der Waals surface area contributed by atoms with E-state index in [4.69, 9.17) is 0 Å². The van der Waals surface area contributed by atoms with Gasteiger partial charge in [0, 0.05) is 23.3 Å². The van der Waals surface area contributed by atoms with Crippen molar-refractivity contribution in [1.82, 2.24) is 14.8 Å². The minimum Gasteiger partial charge on any atom is -0.269 e. The third-order valence-corrected chi connectivity index (χ3v) is 3.46. The second-order valence-corrected chi connectivity index (χ2v) is 4.85. The molecule has 0 radical (unpaired) electrons. The van der Waals surface area contributed by atoms with Gasteiger partial charge in [-0.05, 0) is 36.6 Å². The number of hydrogen-bond acceptors (Lipinski definition) is 2. The van der Waals surface area contributed by atoms with E-state index in [9.17, 15) is 0 Å². The van der Waals surface area contributed by atoms with E-state index in [0.717, 1.165) is 5.52 Å². The molecule has 4 rings (SSSR count). The Bertz CT molecular complexity index is 710. The van der Waals surface area contributed by atoms with Gasteiger partial charge in [-0.1, -0.05) is 12.1 Å². The number of aromatic nitrogens is 3. The molecule has 1 aromatic carbocycles. The number of rotatable bonds is 2. The summed E-state index contributed by atoms with van der Waals surface area (Å²) in [6.45, 7) is 0. The largest absolute Gasteiger partial charge is 0.269 e. The first-order valence-electron chi connectivity index (χ1n) is 6.29. The zero-order valence-electron chi connectivity index (χ0n) is 9.95. The molecule has 1 saturated carbocycles. The predicted octanol–water partition coefficient (Wildman–Crippen LogP) is 3.43. The van der Waals surface area contributed by atoms with Crippen LogP contribution in [-0.4, -0.2) is 14.8 Å². The van der Waals surface area contributed by atoms with Gasteiger partial charge in [0.05, 0.1) is 17.8 Å². The fourth-order valence-electron chi connectivity index (χ4n) is 2.28. The predicted molar refractivity (Wildman–Crippen MR) is 71.2 cm³/mol. The molecule has 3 aromatic rings. The van der Waals surface area contributed by atoms with Gasteiger partial charge < -0.3 is 0 Å². The van der Waals surface area contributed by atoms with Crippen molar-refractivity contribution in [2.75, 3.05) is 0 Å². The summed E-state index contributed by atoms with van der Waals surface area (Å²) in [5.41, 5.74) is 3.44. The Kier molecular flexibility index (Phi) is 2.00. The van der Waals surface area contributed by atoms with Crippen molar-refractivity contribution in [2.24, 2.45) is 0 Å². The van der Waals surface area contributed by atoms with Gasteiger partial charge >= 0.3 is 0 Å². The van der Waals surface area contributed by atoms with E-state index in [1.807, 2.05) is 18.5 Å². The van der Waals surface area contributed by atoms with Crippen molar-refractivity contribution < 1.29 is 0 Å². The highest BCUT2D eigenvalue weighted by Gasteiger charge is 2.24. The summed E-state index contributed by atoms with van der Waals surface area (Å²) in [6.07, 6.45) is 8.46. The standard InChI is InChI=1S/C15H13N3/c1-2-12-8-11(3-6-15(12)16-7-1)13-9-17-18(10-13)14-4-5-14/h1-3,6-10,14H,4-5H2. The quantitative estimate of drug-likeness (QED) is 0.681. The number of nitrogens with zero attached hydrogens (tertiary/aromatic N) is 3. The first-order chi connectivity index (χ1) is 8.90. The molecule has 1 aliphatic carbocycles. The van der Waals surface area contributed by atoms with E-state index in [1.54, 1.807) is 0 Å². The third-order valence-electron chi connectivity index (χ3n) is 3.46. The van der Waals surface area contributed by atoms with Gasteiger partial charge in [0.1, 0.15) is 0 Å². The molecule has 3 heteroatoms. The van der Waals surface area contributed by atoms with E-state index < -0.39 is 0 Å². The molecule has 0 aliphatic heterocycles. The zero-order chi connectivity index (χ0) is 11.9. The Morgan fingerprint density at radius 1 is 1.11 bits per heavy atom. The van der Waals surface area contributed by atoms with E-state index >= 15 is 0 Å². The topological polar surface area (TPSA) is 30.7 Å². The lowest BCUT2D eigenvalue weighted by molar-refractivity contribution is 0.642. The molecular formula is C15H13N3. The summed E-state index contributed by atoms with van der Waals surface area (Å²) >= 11 is 0. The fourth-order valence-corrected chi connectivity index (χ4v) is 2.28. The van der Waals surface area contributed by atoms with Gasteiger partial charge in [-0.25, -0.2) is 0 Å². The van der Waals surface area contributed by atoms with Crippen LogP contribution in [0.25, 0.3) is 22.0 Å². The third kappa shape index (κ3) is 1.59. The maximum absolute atomic E-state index is 4.44. The maximum Gasteiger partial charge on any atom is 0.0702 e. The molecule has 18 heavy (non-hydrogen) atoms. The fraction of sp³-hybridized carbons (Fsp3) is 0.200. The van der Waals surface area contributed by atoms with Crippen LogP contribution in [0, 0.1) is 0 Å². The Morgan fingerprint density at radius 3 is 2.94 bits per heavy atom. The van der Waals surface area contributed by atoms with Crippen molar-refractivity contribution in [1.29, 1.82) is 0 Å². The molecule has 2 heterocycles. The maximum atomic E-state index is 4.44. The monoisotopic (exact) mass is 235 g/mol. The Balaban J connectivity index is 1.80. The molecule has 0 unspecified atom stereocenters. The van der Waals surface area contributed by atoms with Gasteiger partial charge in [0.15, 0.2) is 0 Å². The summed E-state index contributed by atoms with van der Waals surface area (Å²) in [5, 5.41) is 5.61. The second kappa shape index (κ2) is 3.67. The molecule has 0 N–H and O–H groups in total. The molecule has 88 valence electrons. The van der Waals surface area contributed by atoms with E-state index in [1.165, 1.54) is 29.4 Å². The summed E-state index contributed by atoms with van der Waals surface area (Å²) in [6, 6.07) is 11.1. The van der Waals surface area contributed by atoms with Crippen LogP contribution in [0.2, 0.25) is 0 Å². The Morgan fingerprint density at radius 2 is 2.06 bits per heavy atom. The van der Waals surface area contributed by atoms with E-state index in [2.05, 4.69) is 45.2 Å². The van der Waals surface area contributed by atoms with Crippen molar-refractivity contribution in [3.63, 3.8) is 0 Å². The normalized spacial score (nSPS) is 15.1. The van der Waals surface area contributed by atoms with Crippen LogP contribution < -0.4 is 0 Å². The number of benzene rings is 1. The van der Waals surface area contributed by atoms with E-state index in [-0.39, 0.29) is 0 Å². The zero-order valence-corrected chi connectivity index (χ0v) is 9.95. The highest BCUT2D eigenvalue weighted by Crippen LogP contribution is 2.35. The van der Waals surface area contributed by atoms with Crippen LogP contribution >= 0.6 is 0 Å². The smallest absolute Gasteiger partial charge is 0.0702 e. The van der Waals surface area contributed by atoms with Gasteiger partial charge in [0.2, 0.25) is 0 Å². The Labute approximate surface area is 105 Å². The lowest BCUT2D eigenvalue weighted by atomic mass is 10.1. The van der Waals surface area contributed by atoms with Gasteiger partial charge in [0.25, 0.3) is 0 Å². The molecule has 0 spiro atoms. The van der Waals surface area contributed by atoms with Gasteiger partial charge in [-0.2, -0.15) is 5.10 Å². The molecule has 0 saturated heterocycles. The highest BCUT2D eigenvalue weighted by molar-refractivity contribution is 5.84. The molecule has 0 atom stereocenters. The van der Waals surface area contributed by atoms with Gasteiger partial charge in [-0.3, -0.25) is 9.67 Å². The van der Waals surface area contributed by atoms with Crippen LogP contribution in [0.3, 0.4) is 0 Å². The molecular weight excluding hydrogens is 222 g/mol. The van der Waals surface area contributed by atoms with Crippen molar-refractivity contribution in [2.45, 2.75) is 18.9 Å². The van der Waals surface area contributed by atoms with Crippen molar-refractivity contribution in [3.05, 3.63) is 48.9 Å². The minimum absolute atomic E-state index is 0.640. The molecule has 1 fully saturated rings. The van der Waals surface area contributed by atoms with Crippen LogP contribution in [0.5, 0.6) is 0 Å². The lowest BCUT2D eigenvalue weighted by Gasteiger charge is -2.00. The van der Waals surface area contributed by atoms with Gasteiger partial charge in [-0.15, -0.1) is 0 Å². The SMILES string of the molecule is c1cnc2ccc(-c3cnn(C4CC4)c3)cc2c1. The van der Waals surface area contributed by atoms with Crippen LogP contribution in [0.15, 0.2) is 48.9 Å². The van der Waals surface area contributed by atoms with Crippen molar-refractivity contribution in [3.8, 4) is 11.1 Å². The van der Waals surface area contributed by atoms with Crippen LogP contribution in [0.4, 0.5) is 0 Å². The summed E-state index contributed by atoms with van der Waals surface area (Å²) in [5.74, 6) is 0. The molecule has 1 aliphatic rings. The summed E-state index contributed by atoms with van der Waals surface area (Å²) < 4.78 is 2.09. The highest BCUT2D eigenvalue weighted by atomic mass is 15.3. The lowest BCUT2D eigenvalue weighted by Crippen LogP contribution is -1.91. The summed E-state index contributed by atoms with van der Waals surface area (Å²) in [4.78, 5) is 4.34. The molecule has 0 amide bonds. The molecule has 0 bridgehead atoms. The first-order valence-corrected chi connectivity index (χ1v) is 6.29. The Hall–Kier alpha value is -2.16. The van der Waals surface area contributed by atoms with Crippen LogP contribution in [-0.2, 0) is 0 Å². The number of pyridine rings is 1. The second-order valence-electron chi connectivity index (χ2n) is 4.85. The molecule has 3 nitrogen and oxygen atoms in total. The van der Waals surface area contributed by atoms with Crippen LogP contribution in [0.1, 0.15) is 18.9 Å². The first kappa shape index (κ1) is 9.83. The number of fused-ring (bicyclic) bond motifs is 1. The average Bonchev–Trinajstić information content (AvgIpc) is 3.16. The van der Waals surface area contributed by atoms with E-state index in [0.29, 0.717) is 6.04 Å². The summed E-state index contributed by atoms with van der Waals surface area (Å²) in [7, 11) is 0. The number of hydrogen-bond donors (Lipinski definition) is 0. The van der Waals surface area contributed by atoms with Crippen molar-refractivity contribution >= 4 is 10.9 Å². The molecule has 2 aromatic heterocycles.